The highest BCUT2D eigenvalue weighted by Crippen LogP contribution is 2.38. The molecule has 0 atom stereocenters. The monoisotopic (exact) mass is 501 g/mol. The van der Waals surface area contributed by atoms with Gasteiger partial charge in [0.2, 0.25) is 0 Å². The highest BCUT2D eigenvalue weighted by atomic mass is 79.9. The minimum absolute atomic E-state index is 0.154. The van der Waals surface area contributed by atoms with Crippen LogP contribution in [0.4, 0.5) is 5.69 Å². The van der Waals surface area contributed by atoms with Gasteiger partial charge in [0.05, 0.1) is 16.4 Å². The third kappa shape index (κ3) is 3.95. The quantitative estimate of drug-likeness (QED) is 0.266. The van der Waals surface area contributed by atoms with Gasteiger partial charge in [-0.25, -0.2) is 0 Å². The molecule has 0 unspecified atom stereocenters. The van der Waals surface area contributed by atoms with Crippen molar-refractivity contribution in [3.63, 3.8) is 0 Å². The van der Waals surface area contributed by atoms with Crippen LogP contribution in [0.15, 0.2) is 112 Å². The van der Waals surface area contributed by atoms with E-state index in [1.54, 1.807) is 17.0 Å². The summed E-state index contributed by atoms with van der Waals surface area (Å²) in [5, 5.41) is 0.513. The number of anilines is 1. The Morgan fingerprint density at radius 1 is 0.812 bits per heavy atom. The lowest BCUT2D eigenvalue weighted by molar-refractivity contribution is -0.113. The maximum Gasteiger partial charge on any atom is 0.263 e. The van der Waals surface area contributed by atoms with Crippen molar-refractivity contribution in [2.45, 2.75) is 0 Å². The summed E-state index contributed by atoms with van der Waals surface area (Å²) in [4.78, 5) is 15.1. The van der Waals surface area contributed by atoms with Crippen LogP contribution in [0.2, 0.25) is 5.02 Å². The first kappa shape index (κ1) is 20.6. The molecule has 0 aliphatic carbocycles. The Balaban J connectivity index is 1.55. The maximum atomic E-state index is 13.5. The molecule has 1 aromatic heterocycles. The molecule has 0 saturated carbocycles. The van der Waals surface area contributed by atoms with E-state index in [2.05, 4.69) is 15.9 Å². The number of nitrogens with zero attached hydrogens (tertiary/aromatic N) is 1. The van der Waals surface area contributed by atoms with Gasteiger partial charge >= 0.3 is 0 Å². The number of carbonyl (C=O) groups is 1. The largest absolute Gasteiger partial charge is 0.457 e. The molecule has 4 aromatic rings. The number of furan rings is 1. The smallest absolute Gasteiger partial charge is 0.263 e. The van der Waals surface area contributed by atoms with E-state index in [0.29, 0.717) is 22.0 Å². The molecule has 0 spiro atoms. The average Bonchev–Trinajstić information content (AvgIpc) is 3.41. The minimum Gasteiger partial charge on any atom is -0.457 e. The fraction of sp³-hybridized carbons (Fsp3) is 0. The van der Waals surface area contributed by atoms with Gasteiger partial charge in [-0.1, -0.05) is 82.1 Å². The lowest BCUT2D eigenvalue weighted by Gasteiger charge is -2.21. The number of para-hydroxylation sites is 1. The molecule has 1 aliphatic rings. The van der Waals surface area contributed by atoms with E-state index in [1.807, 2.05) is 91.0 Å². The van der Waals surface area contributed by atoms with E-state index in [-0.39, 0.29) is 5.91 Å². The predicted molar refractivity (Wildman–Crippen MR) is 133 cm³/mol. The van der Waals surface area contributed by atoms with Crippen molar-refractivity contribution in [1.29, 1.82) is 0 Å². The summed E-state index contributed by atoms with van der Waals surface area (Å²) in [6, 6.07) is 28.8. The lowest BCUT2D eigenvalue weighted by atomic mass is 10.1. The molecule has 0 bridgehead atoms. The van der Waals surface area contributed by atoms with Crippen LogP contribution in [0.1, 0.15) is 11.3 Å². The standard InChI is InChI=1S/C27H17BrClNO2/c28-21-12-10-19(11-13-21)26-15-14-22(32-26)16-20-17-25(18-6-2-1-3-7-18)30(27(20)31)24-9-5-4-8-23(24)29/h1-17H. The van der Waals surface area contributed by atoms with Crippen molar-refractivity contribution in [3.05, 3.63) is 123 Å². The number of amides is 1. The molecule has 1 aliphatic heterocycles. The second-order valence-corrected chi connectivity index (χ2v) is 8.62. The van der Waals surface area contributed by atoms with Crippen molar-refractivity contribution in [2.24, 2.45) is 0 Å². The summed E-state index contributed by atoms with van der Waals surface area (Å²) < 4.78 is 7.01. The highest BCUT2D eigenvalue weighted by molar-refractivity contribution is 9.10. The number of rotatable bonds is 4. The Kier molecular flexibility index (Phi) is 5.56. The zero-order chi connectivity index (χ0) is 22.1. The fourth-order valence-electron chi connectivity index (χ4n) is 3.66. The van der Waals surface area contributed by atoms with E-state index >= 15 is 0 Å². The van der Waals surface area contributed by atoms with Gasteiger partial charge in [0.1, 0.15) is 11.5 Å². The third-order valence-corrected chi connectivity index (χ3v) is 6.05. The molecule has 2 heterocycles. The van der Waals surface area contributed by atoms with Crippen LogP contribution in [0.3, 0.4) is 0 Å². The van der Waals surface area contributed by atoms with Crippen molar-refractivity contribution < 1.29 is 9.21 Å². The van der Waals surface area contributed by atoms with Gasteiger partial charge in [-0.05, 0) is 54.1 Å². The second kappa shape index (κ2) is 8.65. The zero-order valence-electron chi connectivity index (χ0n) is 16.8. The van der Waals surface area contributed by atoms with Crippen LogP contribution in [0.25, 0.3) is 23.1 Å². The van der Waals surface area contributed by atoms with Gasteiger partial charge in [-0.2, -0.15) is 0 Å². The van der Waals surface area contributed by atoms with Crippen LogP contribution in [-0.4, -0.2) is 5.91 Å². The molecular formula is C27H17BrClNO2. The Morgan fingerprint density at radius 3 is 2.28 bits per heavy atom. The topological polar surface area (TPSA) is 33.5 Å². The first-order valence-corrected chi connectivity index (χ1v) is 11.2. The molecule has 32 heavy (non-hydrogen) atoms. The van der Waals surface area contributed by atoms with Crippen molar-refractivity contribution in [3.8, 4) is 11.3 Å². The first-order chi connectivity index (χ1) is 15.6. The number of hydrogen-bond donors (Lipinski definition) is 0. The van der Waals surface area contributed by atoms with Crippen molar-refractivity contribution in [2.75, 3.05) is 4.90 Å². The number of halogens is 2. The number of benzene rings is 3. The van der Waals surface area contributed by atoms with Crippen LogP contribution in [-0.2, 0) is 4.79 Å². The minimum atomic E-state index is -0.154. The van der Waals surface area contributed by atoms with E-state index in [1.165, 1.54) is 0 Å². The van der Waals surface area contributed by atoms with E-state index in [0.717, 1.165) is 27.1 Å². The Bertz CT molecular complexity index is 1350. The summed E-state index contributed by atoms with van der Waals surface area (Å²) in [5.74, 6) is 1.19. The van der Waals surface area contributed by atoms with E-state index in [9.17, 15) is 4.79 Å². The first-order valence-electron chi connectivity index (χ1n) is 10.0. The maximum absolute atomic E-state index is 13.5. The van der Waals surface area contributed by atoms with Gasteiger partial charge in [-0.15, -0.1) is 0 Å². The molecule has 3 nitrogen and oxygen atoms in total. The molecule has 5 heteroatoms. The van der Waals surface area contributed by atoms with Crippen LogP contribution in [0.5, 0.6) is 0 Å². The Labute approximate surface area is 199 Å². The predicted octanol–water partition coefficient (Wildman–Crippen LogP) is 7.83. The summed E-state index contributed by atoms with van der Waals surface area (Å²) in [6.45, 7) is 0. The van der Waals surface area contributed by atoms with Crippen LogP contribution >= 0.6 is 27.5 Å². The van der Waals surface area contributed by atoms with Gasteiger partial charge in [0, 0.05) is 15.6 Å². The fourth-order valence-corrected chi connectivity index (χ4v) is 4.15. The highest BCUT2D eigenvalue weighted by Gasteiger charge is 2.31. The molecular weight excluding hydrogens is 486 g/mol. The van der Waals surface area contributed by atoms with Crippen molar-refractivity contribution in [1.82, 2.24) is 0 Å². The van der Waals surface area contributed by atoms with Crippen molar-refractivity contribution >= 4 is 50.9 Å². The normalized spacial score (nSPS) is 14.8. The third-order valence-electron chi connectivity index (χ3n) is 5.20. The average molecular weight is 503 g/mol. The van der Waals surface area contributed by atoms with Crippen LogP contribution < -0.4 is 4.90 Å². The SMILES string of the molecule is O=C1C(=Cc2ccc(-c3ccc(Br)cc3)o2)C=C(c2ccccc2)N1c1ccccc1Cl. The molecule has 156 valence electrons. The molecule has 0 radical (unpaired) electrons. The van der Waals surface area contributed by atoms with Crippen LogP contribution in [0, 0.1) is 0 Å². The molecule has 0 saturated heterocycles. The molecule has 3 aromatic carbocycles. The molecule has 1 amide bonds. The number of hydrogen-bond acceptors (Lipinski definition) is 2. The summed E-state index contributed by atoms with van der Waals surface area (Å²) in [7, 11) is 0. The summed E-state index contributed by atoms with van der Waals surface area (Å²) in [5.41, 5.74) is 3.84. The zero-order valence-corrected chi connectivity index (χ0v) is 19.2. The number of carbonyl (C=O) groups excluding carboxylic acids is 1. The van der Waals surface area contributed by atoms with Gasteiger partial charge in [0.15, 0.2) is 0 Å². The van der Waals surface area contributed by atoms with Gasteiger partial charge in [-0.3, -0.25) is 9.69 Å². The second-order valence-electron chi connectivity index (χ2n) is 7.30. The molecule has 5 rings (SSSR count). The summed E-state index contributed by atoms with van der Waals surface area (Å²) in [6.07, 6.45) is 3.65. The summed E-state index contributed by atoms with van der Waals surface area (Å²) >= 11 is 9.89. The van der Waals surface area contributed by atoms with E-state index in [4.69, 9.17) is 16.0 Å². The molecule has 0 N–H and O–H groups in total. The Hall–Kier alpha value is -3.34. The Morgan fingerprint density at radius 2 is 1.53 bits per heavy atom. The van der Waals surface area contributed by atoms with Gasteiger partial charge < -0.3 is 4.42 Å². The van der Waals surface area contributed by atoms with Gasteiger partial charge in [0.25, 0.3) is 5.91 Å². The lowest BCUT2D eigenvalue weighted by Crippen LogP contribution is -2.25. The molecule has 0 fully saturated rings. The van der Waals surface area contributed by atoms with E-state index < -0.39 is 0 Å².